The molecular formula is C18H20N4O2S. The van der Waals surface area contributed by atoms with E-state index in [1.54, 1.807) is 18.5 Å². The number of nitrogens with zero attached hydrogens (tertiary/aromatic N) is 2. The van der Waals surface area contributed by atoms with Gasteiger partial charge in [-0.3, -0.25) is 15.6 Å². The molecule has 0 aliphatic rings. The van der Waals surface area contributed by atoms with Gasteiger partial charge in [0.2, 0.25) is 5.88 Å². The summed E-state index contributed by atoms with van der Waals surface area (Å²) in [6, 6.07) is 7.18. The van der Waals surface area contributed by atoms with Gasteiger partial charge in [0.15, 0.2) is 0 Å². The number of nitrogens with one attached hydrogen (secondary N) is 2. The third-order valence-corrected chi connectivity index (χ3v) is 5.02. The van der Waals surface area contributed by atoms with E-state index in [0.29, 0.717) is 5.88 Å². The maximum Gasteiger partial charge on any atom is 0.326 e. The van der Waals surface area contributed by atoms with Crippen LogP contribution in [-0.2, 0) is 5.41 Å². The molecule has 0 radical (unpaired) electrons. The standard InChI is InChI=1S/C18H20N4O2S/c1-4-18(2,3)14-10-15(24-22-14)20-17(23)21-16-9-13(11-25-16)12-5-7-19-8-6-12/h5-11H,4H2,1-3H3,(H2,20,21,23). The molecule has 3 aromatic rings. The van der Waals surface area contributed by atoms with E-state index < -0.39 is 0 Å². The molecule has 7 heteroatoms. The van der Waals surface area contributed by atoms with Crippen molar-refractivity contribution in [2.75, 3.05) is 10.6 Å². The Balaban J connectivity index is 1.63. The van der Waals surface area contributed by atoms with Crippen LogP contribution in [0.2, 0.25) is 0 Å². The number of urea groups is 1. The lowest BCUT2D eigenvalue weighted by Crippen LogP contribution is -2.18. The van der Waals surface area contributed by atoms with Gasteiger partial charge in [-0.05, 0) is 35.7 Å². The quantitative estimate of drug-likeness (QED) is 0.664. The third kappa shape index (κ3) is 4.06. The number of amides is 2. The molecule has 0 aliphatic heterocycles. The molecule has 0 bridgehead atoms. The largest absolute Gasteiger partial charge is 0.338 e. The number of aromatic nitrogens is 2. The number of rotatable bonds is 5. The highest BCUT2D eigenvalue weighted by Crippen LogP contribution is 2.29. The van der Waals surface area contributed by atoms with E-state index in [2.05, 4.69) is 41.5 Å². The number of hydrogen-bond donors (Lipinski definition) is 2. The zero-order valence-corrected chi connectivity index (χ0v) is 15.2. The predicted molar refractivity (Wildman–Crippen MR) is 100 cm³/mol. The Bertz CT molecular complexity index is 855. The van der Waals surface area contributed by atoms with E-state index in [0.717, 1.165) is 28.2 Å². The van der Waals surface area contributed by atoms with Gasteiger partial charge in [-0.1, -0.05) is 25.9 Å². The molecule has 6 nitrogen and oxygen atoms in total. The molecule has 3 rings (SSSR count). The van der Waals surface area contributed by atoms with Crippen LogP contribution in [0.5, 0.6) is 0 Å². The zero-order valence-electron chi connectivity index (χ0n) is 14.4. The van der Waals surface area contributed by atoms with Crippen molar-refractivity contribution >= 4 is 28.3 Å². The molecule has 2 amide bonds. The average molecular weight is 356 g/mol. The molecule has 3 heterocycles. The highest BCUT2D eigenvalue weighted by Gasteiger charge is 2.23. The first kappa shape index (κ1) is 17.2. The molecule has 0 fully saturated rings. The van der Waals surface area contributed by atoms with Crippen LogP contribution in [0.25, 0.3) is 11.1 Å². The Hall–Kier alpha value is -2.67. The van der Waals surface area contributed by atoms with Crippen molar-refractivity contribution < 1.29 is 9.32 Å². The van der Waals surface area contributed by atoms with Crippen molar-refractivity contribution in [2.24, 2.45) is 0 Å². The molecule has 0 saturated carbocycles. The van der Waals surface area contributed by atoms with Crippen LogP contribution in [0, 0.1) is 0 Å². The Labute approximate surface area is 150 Å². The molecule has 130 valence electrons. The monoisotopic (exact) mass is 356 g/mol. The summed E-state index contributed by atoms with van der Waals surface area (Å²) >= 11 is 1.46. The number of carbonyl (C=O) groups excluding carboxylic acids is 1. The molecule has 0 spiro atoms. The molecule has 0 unspecified atom stereocenters. The lowest BCUT2D eigenvalue weighted by molar-refractivity contribution is 0.261. The summed E-state index contributed by atoms with van der Waals surface area (Å²) in [7, 11) is 0. The fourth-order valence-electron chi connectivity index (χ4n) is 2.19. The smallest absolute Gasteiger partial charge is 0.326 e. The molecule has 0 saturated heterocycles. The summed E-state index contributed by atoms with van der Waals surface area (Å²) in [6.07, 6.45) is 4.41. The topological polar surface area (TPSA) is 80.0 Å². The Morgan fingerprint density at radius 3 is 2.68 bits per heavy atom. The lowest BCUT2D eigenvalue weighted by Gasteiger charge is -2.18. The minimum atomic E-state index is -0.361. The molecule has 25 heavy (non-hydrogen) atoms. The fraction of sp³-hybridized carbons (Fsp3) is 0.278. The van der Waals surface area contributed by atoms with Gasteiger partial charge in [0.05, 0.1) is 10.7 Å². The van der Waals surface area contributed by atoms with Gasteiger partial charge in [0.25, 0.3) is 0 Å². The maximum atomic E-state index is 12.1. The van der Waals surface area contributed by atoms with Crippen LogP contribution >= 0.6 is 11.3 Å². The van der Waals surface area contributed by atoms with Crippen molar-refractivity contribution in [2.45, 2.75) is 32.6 Å². The average Bonchev–Trinajstić information content (AvgIpc) is 3.25. The molecular weight excluding hydrogens is 336 g/mol. The first-order chi connectivity index (χ1) is 12.0. The lowest BCUT2D eigenvalue weighted by atomic mass is 9.87. The highest BCUT2D eigenvalue weighted by atomic mass is 32.1. The Morgan fingerprint density at radius 1 is 1.20 bits per heavy atom. The number of hydrogen-bond acceptors (Lipinski definition) is 5. The van der Waals surface area contributed by atoms with Gasteiger partial charge in [-0.25, -0.2) is 4.79 Å². The number of anilines is 2. The van der Waals surface area contributed by atoms with E-state index >= 15 is 0 Å². The summed E-state index contributed by atoms with van der Waals surface area (Å²) in [5, 5.41) is 12.3. The summed E-state index contributed by atoms with van der Waals surface area (Å²) in [4.78, 5) is 16.1. The van der Waals surface area contributed by atoms with Crippen LogP contribution < -0.4 is 10.6 Å². The molecule has 0 aliphatic carbocycles. The van der Waals surface area contributed by atoms with Crippen LogP contribution in [-0.4, -0.2) is 16.2 Å². The number of carbonyl (C=O) groups is 1. The SMILES string of the molecule is CCC(C)(C)c1cc(NC(=O)Nc2cc(-c3ccncc3)cs2)on1. The van der Waals surface area contributed by atoms with Crippen molar-refractivity contribution in [3.05, 3.63) is 47.7 Å². The van der Waals surface area contributed by atoms with Gasteiger partial charge in [-0.15, -0.1) is 11.3 Å². The predicted octanol–water partition coefficient (Wildman–Crippen LogP) is 5.13. The van der Waals surface area contributed by atoms with Crippen molar-refractivity contribution in [3.8, 4) is 11.1 Å². The van der Waals surface area contributed by atoms with Gasteiger partial charge in [0.1, 0.15) is 0 Å². The van der Waals surface area contributed by atoms with Gasteiger partial charge in [0, 0.05) is 29.3 Å². The van der Waals surface area contributed by atoms with E-state index in [4.69, 9.17) is 4.52 Å². The maximum absolute atomic E-state index is 12.1. The van der Waals surface area contributed by atoms with E-state index in [-0.39, 0.29) is 11.4 Å². The van der Waals surface area contributed by atoms with Gasteiger partial charge in [-0.2, -0.15) is 0 Å². The normalized spacial score (nSPS) is 11.3. The summed E-state index contributed by atoms with van der Waals surface area (Å²) in [5.41, 5.74) is 2.82. The Morgan fingerprint density at radius 2 is 1.96 bits per heavy atom. The van der Waals surface area contributed by atoms with Crippen molar-refractivity contribution in [3.63, 3.8) is 0 Å². The Kier molecular flexibility index (Phi) is 4.85. The second-order valence-electron chi connectivity index (χ2n) is 6.33. The second kappa shape index (κ2) is 7.06. The zero-order chi connectivity index (χ0) is 17.9. The van der Waals surface area contributed by atoms with Crippen molar-refractivity contribution in [1.29, 1.82) is 0 Å². The summed E-state index contributed by atoms with van der Waals surface area (Å²) in [5.74, 6) is 0.333. The molecule has 2 N–H and O–H groups in total. The summed E-state index contributed by atoms with van der Waals surface area (Å²) in [6.45, 7) is 6.26. The molecule has 3 aromatic heterocycles. The molecule has 0 aromatic carbocycles. The summed E-state index contributed by atoms with van der Waals surface area (Å²) < 4.78 is 5.21. The minimum Gasteiger partial charge on any atom is -0.338 e. The molecule has 0 atom stereocenters. The highest BCUT2D eigenvalue weighted by molar-refractivity contribution is 7.14. The van der Waals surface area contributed by atoms with Crippen molar-refractivity contribution in [1.82, 2.24) is 10.1 Å². The second-order valence-corrected chi connectivity index (χ2v) is 7.24. The van der Waals surface area contributed by atoms with E-state index in [1.165, 1.54) is 11.3 Å². The first-order valence-electron chi connectivity index (χ1n) is 8.02. The van der Waals surface area contributed by atoms with E-state index in [9.17, 15) is 4.79 Å². The van der Waals surface area contributed by atoms with Crippen LogP contribution in [0.4, 0.5) is 15.7 Å². The number of pyridine rings is 1. The van der Waals surface area contributed by atoms with Gasteiger partial charge >= 0.3 is 6.03 Å². The van der Waals surface area contributed by atoms with Crippen LogP contribution in [0.1, 0.15) is 32.9 Å². The van der Waals surface area contributed by atoms with Crippen LogP contribution in [0.3, 0.4) is 0 Å². The van der Waals surface area contributed by atoms with E-state index in [1.807, 2.05) is 23.6 Å². The minimum absolute atomic E-state index is 0.0902. The van der Waals surface area contributed by atoms with Gasteiger partial charge < -0.3 is 4.52 Å². The number of thiophene rings is 1. The first-order valence-corrected chi connectivity index (χ1v) is 8.90. The third-order valence-electron chi connectivity index (χ3n) is 4.17. The fourth-order valence-corrected chi connectivity index (χ4v) is 2.99. The van der Waals surface area contributed by atoms with Crippen LogP contribution in [0.15, 0.2) is 46.6 Å².